The summed E-state index contributed by atoms with van der Waals surface area (Å²) >= 11 is 0. The lowest BCUT2D eigenvalue weighted by Crippen LogP contribution is -2.52. The maximum Gasteiger partial charge on any atom is 0.289 e. The van der Waals surface area contributed by atoms with E-state index in [1.807, 2.05) is 30.3 Å². The van der Waals surface area contributed by atoms with Crippen molar-refractivity contribution in [3.05, 3.63) is 64.3 Å². The highest BCUT2D eigenvalue weighted by atomic mass is 16.3. The van der Waals surface area contributed by atoms with E-state index in [2.05, 4.69) is 5.10 Å². The molecule has 0 spiro atoms. The summed E-state index contributed by atoms with van der Waals surface area (Å²) in [5.74, 6) is 1.05. The van der Waals surface area contributed by atoms with Gasteiger partial charge in [0.1, 0.15) is 5.58 Å². The molecule has 0 unspecified atom stereocenters. The number of carbonyl (C=O) groups excluding carboxylic acids is 1. The molecule has 6 nitrogen and oxygen atoms in total. The third-order valence-electron chi connectivity index (χ3n) is 5.19. The highest BCUT2D eigenvalue weighted by Crippen LogP contribution is 2.38. The molecule has 6 heteroatoms. The van der Waals surface area contributed by atoms with E-state index in [1.54, 1.807) is 21.7 Å². The number of nitrogens with zero attached hydrogens (tertiary/aromatic N) is 3. The van der Waals surface area contributed by atoms with Gasteiger partial charge in [0.05, 0.1) is 12.2 Å². The number of aromatic nitrogens is 2. The van der Waals surface area contributed by atoms with E-state index in [9.17, 15) is 9.59 Å². The van der Waals surface area contributed by atoms with Gasteiger partial charge in [-0.05, 0) is 31.0 Å². The Balaban J connectivity index is 1.25. The number of fused-ring (bicyclic) bond motifs is 1. The number of hydrogen-bond acceptors (Lipinski definition) is 4. The maximum atomic E-state index is 12.6. The summed E-state index contributed by atoms with van der Waals surface area (Å²) < 4.78 is 7.21. The van der Waals surface area contributed by atoms with Crippen LogP contribution in [-0.2, 0) is 6.54 Å². The molecule has 2 fully saturated rings. The normalized spacial score (nSPS) is 17.5. The lowest BCUT2D eigenvalue weighted by atomic mass is 10.00. The molecule has 3 heterocycles. The van der Waals surface area contributed by atoms with Crippen molar-refractivity contribution in [1.82, 2.24) is 14.7 Å². The Hall–Kier alpha value is -2.89. The number of hydrogen-bond donors (Lipinski definition) is 0. The first-order chi connectivity index (χ1) is 12.7. The Bertz CT molecular complexity index is 1010. The Morgan fingerprint density at radius 1 is 1.15 bits per heavy atom. The fraction of sp³-hybridized carbons (Fsp3) is 0.350. The number of para-hydroxylation sites is 1. The number of benzene rings is 1. The lowest BCUT2D eigenvalue weighted by molar-refractivity contribution is 0.0429. The predicted molar refractivity (Wildman–Crippen MR) is 96.1 cm³/mol. The van der Waals surface area contributed by atoms with Gasteiger partial charge in [-0.15, -0.1) is 0 Å². The number of carbonyl (C=O) groups is 1. The van der Waals surface area contributed by atoms with Crippen molar-refractivity contribution in [2.45, 2.75) is 25.3 Å². The summed E-state index contributed by atoms with van der Waals surface area (Å²) in [7, 11) is 0. The van der Waals surface area contributed by atoms with Gasteiger partial charge in [0.25, 0.3) is 11.5 Å². The number of furan rings is 1. The minimum atomic E-state index is -0.0931. The largest absolute Gasteiger partial charge is 0.451 e. The molecular weight excluding hydrogens is 330 g/mol. The van der Waals surface area contributed by atoms with Crippen molar-refractivity contribution < 1.29 is 9.21 Å². The van der Waals surface area contributed by atoms with Crippen molar-refractivity contribution in [2.24, 2.45) is 5.92 Å². The molecule has 26 heavy (non-hydrogen) atoms. The molecular formula is C20H19N3O3. The van der Waals surface area contributed by atoms with Crippen LogP contribution >= 0.6 is 0 Å². The van der Waals surface area contributed by atoms with Gasteiger partial charge < -0.3 is 9.32 Å². The van der Waals surface area contributed by atoms with Crippen LogP contribution in [0.2, 0.25) is 0 Å². The van der Waals surface area contributed by atoms with Crippen molar-refractivity contribution in [2.75, 3.05) is 13.1 Å². The molecule has 0 atom stereocenters. The SMILES string of the molecule is O=C(c1cc2ccccc2o1)N1CC(Cn2nc(C3CC3)ccc2=O)C1. The molecule has 1 aliphatic heterocycles. The molecule has 0 radical (unpaired) electrons. The first-order valence-electron chi connectivity index (χ1n) is 9.03. The van der Waals surface area contributed by atoms with Crippen LogP contribution in [0.5, 0.6) is 0 Å². The van der Waals surface area contributed by atoms with Gasteiger partial charge in [0.15, 0.2) is 5.76 Å². The molecule has 1 aliphatic carbocycles. The average molecular weight is 349 g/mol. The van der Waals surface area contributed by atoms with Crippen LogP contribution in [0.3, 0.4) is 0 Å². The second kappa shape index (κ2) is 5.83. The minimum absolute atomic E-state index is 0.0727. The van der Waals surface area contributed by atoms with Crippen LogP contribution in [0.25, 0.3) is 11.0 Å². The van der Waals surface area contributed by atoms with Gasteiger partial charge in [0.2, 0.25) is 0 Å². The summed E-state index contributed by atoms with van der Waals surface area (Å²) in [4.78, 5) is 26.4. The van der Waals surface area contributed by atoms with Crippen LogP contribution in [0.15, 0.2) is 51.7 Å². The zero-order valence-electron chi connectivity index (χ0n) is 14.3. The lowest BCUT2D eigenvalue weighted by Gasteiger charge is -2.38. The zero-order chi connectivity index (χ0) is 17.7. The second-order valence-corrected chi connectivity index (χ2v) is 7.28. The molecule has 132 valence electrons. The minimum Gasteiger partial charge on any atom is -0.451 e. The molecule has 1 saturated carbocycles. The molecule has 1 aromatic carbocycles. The summed E-state index contributed by atoms with van der Waals surface area (Å²) in [6.07, 6.45) is 2.32. The van der Waals surface area contributed by atoms with Gasteiger partial charge in [-0.2, -0.15) is 5.10 Å². The van der Waals surface area contributed by atoms with Gasteiger partial charge in [-0.3, -0.25) is 9.59 Å². The molecule has 2 aliphatic rings. The Morgan fingerprint density at radius 3 is 2.73 bits per heavy atom. The van der Waals surface area contributed by atoms with E-state index in [4.69, 9.17) is 4.42 Å². The first kappa shape index (κ1) is 15.4. The van der Waals surface area contributed by atoms with Crippen LogP contribution in [0.4, 0.5) is 0 Å². The van der Waals surface area contributed by atoms with E-state index in [1.165, 1.54) is 0 Å². The maximum absolute atomic E-state index is 12.6. The number of likely N-dealkylation sites (tertiary alicyclic amines) is 1. The first-order valence-corrected chi connectivity index (χ1v) is 9.03. The third-order valence-corrected chi connectivity index (χ3v) is 5.19. The average Bonchev–Trinajstić information content (AvgIpc) is 3.36. The zero-order valence-corrected chi connectivity index (χ0v) is 14.3. The van der Waals surface area contributed by atoms with Crippen molar-refractivity contribution in [3.63, 3.8) is 0 Å². The molecule has 5 rings (SSSR count). The fourth-order valence-electron chi connectivity index (χ4n) is 3.53. The second-order valence-electron chi connectivity index (χ2n) is 7.28. The van der Waals surface area contributed by atoms with Gasteiger partial charge >= 0.3 is 0 Å². The Kier molecular flexibility index (Phi) is 3.45. The molecule has 3 aromatic rings. The third kappa shape index (κ3) is 2.71. The van der Waals surface area contributed by atoms with E-state index < -0.39 is 0 Å². The van der Waals surface area contributed by atoms with E-state index >= 15 is 0 Å². The fourth-order valence-corrected chi connectivity index (χ4v) is 3.53. The van der Waals surface area contributed by atoms with Crippen molar-refractivity contribution in [1.29, 1.82) is 0 Å². The number of rotatable bonds is 4. The highest BCUT2D eigenvalue weighted by molar-refractivity contribution is 5.96. The van der Waals surface area contributed by atoms with Crippen molar-refractivity contribution >= 4 is 16.9 Å². The Morgan fingerprint density at radius 2 is 1.96 bits per heavy atom. The van der Waals surface area contributed by atoms with Crippen molar-refractivity contribution in [3.8, 4) is 0 Å². The van der Waals surface area contributed by atoms with Gasteiger partial charge in [-0.25, -0.2) is 4.68 Å². The molecule has 1 amide bonds. The summed E-state index contributed by atoms with van der Waals surface area (Å²) in [6, 6.07) is 12.8. The smallest absolute Gasteiger partial charge is 0.289 e. The topological polar surface area (TPSA) is 68.3 Å². The highest BCUT2D eigenvalue weighted by Gasteiger charge is 2.33. The molecule has 1 saturated heterocycles. The Labute approximate surface area is 150 Å². The summed E-state index contributed by atoms with van der Waals surface area (Å²) in [5, 5.41) is 5.43. The van der Waals surface area contributed by atoms with Crippen LogP contribution in [0.1, 0.15) is 35.0 Å². The monoisotopic (exact) mass is 349 g/mol. The van der Waals surface area contributed by atoms with Crippen LogP contribution < -0.4 is 5.56 Å². The van der Waals surface area contributed by atoms with E-state index in [0.29, 0.717) is 31.3 Å². The van der Waals surface area contributed by atoms with Gasteiger partial charge in [0, 0.05) is 36.4 Å². The summed E-state index contributed by atoms with van der Waals surface area (Å²) in [6.45, 7) is 1.80. The van der Waals surface area contributed by atoms with Crippen LogP contribution in [-0.4, -0.2) is 33.7 Å². The van der Waals surface area contributed by atoms with Crippen LogP contribution in [0, 0.1) is 5.92 Å². The molecule has 0 N–H and O–H groups in total. The predicted octanol–water partition coefficient (Wildman–Crippen LogP) is 2.64. The van der Waals surface area contributed by atoms with E-state index in [-0.39, 0.29) is 17.4 Å². The molecule has 0 bridgehead atoms. The standard InChI is InChI=1S/C20H19N3O3/c24-19-8-7-16(14-5-6-14)21-23(19)12-13-10-22(11-13)20(25)18-9-15-3-1-2-4-17(15)26-18/h1-4,7-9,13-14H,5-6,10-12H2. The quantitative estimate of drug-likeness (QED) is 0.726. The van der Waals surface area contributed by atoms with E-state index in [0.717, 1.165) is 29.5 Å². The molecule has 2 aromatic heterocycles. The van der Waals surface area contributed by atoms with Gasteiger partial charge in [-0.1, -0.05) is 18.2 Å². The number of amides is 1. The summed E-state index contributed by atoms with van der Waals surface area (Å²) in [5.41, 5.74) is 1.66.